The average Bonchev–Trinajstić information content (AvgIpc) is 3.16. The zero-order valence-corrected chi connectivity index (χ0v) is 13.7. The lowest BCUT2D eigenvalue weighted by molar-refractivity contribution is -0.384. The number of benzene rings is 2. The van der Waals surface area contributed by atoms with Crippen LogP contribution in [0.15, 0.2) is 53.7 Å². The average molecular weight is 360 g/mol. The van der Waals surface area contributed by atoms with E-state index in [4.69, 9.17) is 11.6 Å². The number of non-ortho nitro benzene ring substituents is 1. The molecule has 120 valence electrons. The van der Waals surface area contributed by atoms with Gasteiger partial charge < -0.3 is 5.43 Å². The lowest BCUT2D eigenvalue weighted by Gasteiger charge is -2.12. The Morgan fingerprint density at radius 3 is 2.50 bits per heavy atom. The minimum atomic E-state index is -0.428. The first-order valence-electron chi connectivity index (χ1n) is 7.01. The Morgan fingerprint density at radius 1 is 1.12 bits per heavy atom. The van der Waals surface area contributed by atoms with E-state index in [9.17, 15) is 10.1 Å². The van der Waals surface area contributed by atoms with Gasteiger partial charge >= 0.3 is 0 Å². The summed E-state index contributed by atoms with van der Waals surface area (Å²) in [5, 5.41) is 20.5. The molecule has 1 aliphatic rings. The first-order chi connectivity index (χ1) is 11.6. The minimum Gasteiger partial charge on any atom is -0.304 e. The summed E-state index contributed by atoms with van der Waals surface area (Å²) in [6.45, 7) is 0. The van der Waals surface area contributed by atoms with Crippen LogP contribution in [-0.4, -0.2) is 19.8 Å². The molecule has 2 aromatic carbocycles. The first-order valence-corrected chi connectivity index (χ1v) is 8.26. The van der Waals surface area contributed by atoms with Crippen molar-refractivity contribution in [3.05, 3.63) is 69.2 Å². The van der Waals surface area contributed by atoms with Gasteiger partial charge in [0.25, 0.3) is 5.69 Å². The van der Waals surface area contributed by atoms with Gasteiger partial charge in [0, 0.05) is 22.7 Å². The molecule has 0 radical (unpaired) electrons. The van der Waals surface area contributed by atoms with Gasteiger partial charge in [-0.05, 0) is 29.8 Å². The zero-order chi connectivity index (χ0) is 16.7. The molecule has 1 aromatic heterocycles. The molecule has 4 rings (SSSR count). The maximum absolute atomic E-state index is 10.8. The van der Waals surface area contributed by atoms with Crippen LogP contribution in [0.2, 0.25) is 5.02 Å². The second-order valence-corrected chi connectivity index (χ2v) is 6.63. The van der Waals surface area contributed by atoms with Gasteiger partial charge in [-0.3, -0.25) is 10.1 Å². The van der Waals surface area contributed by atoms with Crippen LogP contribution in [0.25, 0.3) is 11.4 Å². The maximum Gasteiger partial charge on any atom is 0.269 e. The van der Waals surface area contributed by atoms with Crippen molar-refractivity contribution in [3.8, 4) is 11.4 Å². The third kappa shape index (κ3) is 2.59. The molecule has 9 heteroatoms. The van der Waals surface area contributed by atoms with Crippen molar-refractivity contribution in [3.63, 3.8) is 0 Å². The molecule has 0 spiro atoms. The highest BCUT2D eigenvalue weighted by Gasteiger charge is 2.28. The lowest BCUT2D eigenvalue weighted by Crippen LogP contribution is -2.13. The highest BCUT2D eigenvalue weighted by Crippen LogP contribution is 2.40. The molecule has 0 saturated heterocycles. The van der Waals surface area contributed by atoms with E-state index in [-0.39, 0.29) is 11.1 Å². The Hall–Kier alpha value is -2.58. The van der Waals surface area contributed by atoms with E-state index in [1.165, 1.54) is 12.1 Å². The number of fused-ring (bicyclic) bond motifs is 1. The van der Waals surface area contributed by atoms with Crippen LogP contribution in [-0.2, 0) is 0 Å². The van der Waals surface area contributed by atoms with Crippen molar-refractivity contribution in [2.75, 3.05) is 5.43 Å². The van der Waals surface area contributed by atoms with Crippen LogP contribution in [0.3, 0.4) is 0 Å². The molecular weight excluding hydrogens is 350 g/mol. The topological polar surface area (TPSA) is 85.9 Å². The van der Waals surface area contributed by atoms with Crippen LogP contribution in [0.5, 0.6) is 0 Å². The summed E-state index contributed by atoms with van der Waals surface area (Å²) >= 11 is 7.47. The van der Waals surface area contributed by atoms with E-state index in [1.807, 2.05) is 24.3 Å². The summed E-state index contributed by atoms with van der Waals surface area (Å²) in [7, 11) is 0. The second kappa shape index (κ2) is 5.81. The summed E-state index contributed by atoms with van der Waals surface area (Å²) in [5.74, 6) is 0.615. The molecule has 1 aliphatic heterocycles. The number of nitro groups is 1. The zero-order valence-electron chi connectivity index (χ0n) is 12.1. The Bertz CT molecular complexity index is 911. The number of nitrogens with zero attached hydrogens (tertiary/aromatic N) is 4. The molecular formula is C15H10ClN5O2S. The van der Waals surface area contributed by atoms with Crippen molar-refractivity contribution in [1.29, 1.82) is 0 Å². The molecule has 1 N–H and O–H groups in total. The quantitative estimate of drug-likeness (QED) is 0.564. The molecule has 0 aliphatic carbocycles. The second-order valence-electron chi connectivity index (χ2n) is 5.12. The van der Waals surface area contributed by atoms with Gasteiger partial charge in [-0.1, -0.05) is 35.5 Å². The number of hydrogen-bond donors (Lipinski definition) is 1. The summed E-state index contributed by atoms with van der Waals surface area (Å²) < 4.78 is 1.80. The highest BCUT2D eigenvalue weighted by atomic mass is 35.5. The first kappa shape index (κ1) is 15.0. The van der Waals surface area contributed by atoms with Crippen LogP contribution >= 0.6 is 23.4 Å². The fraction of sp³-hybridized carbons (Fsp3) is 0.0667. The van der Waals surface area contributed by atoms with Gasteiger partial charge in [0.1, 0.15) is 5.37 Å². The Kier molecular flexibility index (Phi) is 3.62. The van der Waals surface area contributed by atoms with E-state index in [0.717, 1.165) is 16.3 Å². The molecule has 24 heavy (non-hydrogen) atoms. The van der Waals surface area contributed by atoms with Crippen molar-refractivity contribution in [2.24, 2.45) is 0 Å². The van der Waals surface area contributed by atoms with Crippen LogP contribution in [0, 0.1) is 10.1 Å². The highest BCUT2D eigenvalue weighted by molar-refractivity contribution is 7.99. The smallest absolute Gasteiger partial charge is 0.269 e. The van der Waals surface area contributed by atoms with Gasteiger partial charge in [0.15, 0.2) is 5.82 Å². The molecule has 0 unspecified atom stereocenters. The molecule has 7 nitrogen and oxygen atoms in total. The fourth-order valence-electron chi connectivity index (χ4n) is 2.41. The van der Waals surface area contributed by atoms with E-state index >= 15 is 0 Å². The standard InChI is InChI=1S/C15H10ClN5O2S/c16-11-5-1-10(2-6-11)14-19-20-13(17-18-15(20)24-14)9-3-7-12(8-4-9)21(22)23/h1-8,14,19H/t14-/m0/s1. The van der Waals surface area contributed by atoms with Crippen molar-refractivity contribution in [1.82, 2.24) is 14.9 Å². The van der Waals surface area contributed by atoms with Crippen LogP contribution in [0.4, 0.5) is 5.69 Å². The van der Waals surface area contributed by atoms with Gasteiger partial charge in [0.05, 0.1) is 4.92 Å². The molecule has 2 heterocycles. The molecule has 1 atom stereocenters. The Labute approximate surface area is 145 Å². The number of nitrogens with one attached hydrogen (secondary N) is 1. The van der Waals surface area contributed by atoms with Gasteiger partial charge in [-0.2, -0.15) is 0 Å². The summed E-state index contributed by atoms with van der Waals surface area (Å²) in [5.41, 5.74) is 5.20. The Morgan fingerprint density at radius 2 is 1.83 bits per heavy atom. The van der Waals surface area contributed by atoms with E-state index < -0.39 is 4.92 Å². The Balaban J connectivity index is 1.62. The van der Waals surface area contributed by atoms with Crippen LogP contribution in [0.1, 0.15) is 10.9 Å². The number of thioether (sulfide) groups is 1. The molecule has 3 aromatic rings. The summed E-state index contributed by atoms with van der Waals surface area (Å²) in [6, 6.07) is 13.8. The summed E-state index contributed by atoms with van der Waals surface area (Å²) in [4.78, 5) is 10.3. The number of rotatable bonds is 3. The molecule has 0 fully saturated rings. The number of aromatic nitrogens is 3. The van der Waals surface area contributed by atoms with Gasteiger partial charge in [-0.25, -0.2) is 4.68 Å². The maximum atomic E-state index is 10.8. The van der Waals surface area contributed by atoms with Crippen molar-refractivity contribution >= 4 is 29.1 Å². The van der Waals surface area contributed by atoms with E-state index in [2.05, 4.69) is 15.6 Å². The molecule has 0 bridgehead atoms. The normalized spacial score (nSPS) is 15.8. The van der Waals surface area contributed by atoms with Crippen molar-refractivity contribution < 1.29 is 4.92 Å². The minimum absolute atomic E-state index is 0.00423. The van der Waals surface area contributed by atoms with Gasteiger partial charge in [-0.15, -0.1) is 10.2 Å². The molecule has 0 amide bonds. The van der Waals surface area contributed by atoms with E-state index in [1.54, 1.807) is 28.6 Å². The van der Waals surface area contributed by atoms with Crippen LogP contribution < -0.4 is 5.43 Å². The number of nitro benzene ring substituents is 1. The fourth-order valence-corrected chi connectivity index (χ4v) is 3.53. The third-order valence-electron chi connectivity index (χ3n) is 3.61. The number of halogens is 1. The largest absolute Gasteiger partial charge is 0.304 e. The third-order valence-corrected chi connectivity index (χ3v) is 4.95. The van der Waals surface area contributed by atoms with E-state index in [0.29, 0.717) is 10.8 Å². The summed E-state index contributed by atoms with van der Waals surface area (Å²) in [6.07, 6.45) is 0. The number of hydrogen-bond acceptors (Lipinski definition) is 6. The lowest BCUT2D eigenvalue weighted by atomic mass is 10.2. The molecule has 0 saturated carbocycles. The SMILES string of the molecule is O=[N+]([O-])c1ccc(-c2nnc3n2N[C@H](c2ccc(Cl)cc2)S3)cc1. The predicted molar refractivity (Wildman–Crippen MR) is 91.5 cm³/mol. The van der Waals surface area contributed by atoms with Crippen molar-refractivity contribution in [2.45, 2.75) is 10.5 Å². The predicted octanol–water partition coefficient (Wildman–Crippen LogP) is 3.85. The monoisotopic (exact) mass is 359 g/mol. The van der Waals surface area contributed by atoms with Gasteiger partial charge in [0.2, 0.25) is 5.16 Å².